The normalized spacial score (nSPS) is 46.8. The van der Waals surface area contributed by atoms with Crippen LogP contribution in [0.1, 0.15) is 32.6 Å². The first-order valence-electron chi connectivity index (χ1n) is 4.33. The highest BCUT2D eigenvalue weighted by molar-refractivity contribution is 6.18. The lowest BCUT2D eigenvalue weighted by Crippen LogP contribution is -2.39. The maximum atomic E-state index is 5.96. The monoisotopic (exact) mass is 158 g/mol. The van der Waals surface area contributed by atoms with Crippen molar-refractivity contribution in [1.29, 1.82) is 0 Å². The van der Waals surface area contributed by atoms with Crippen molar-refractivity contribution < 1.29 is 0 Å². The van der Waals surface area contributed by atoms with Crippen molar-refractivity contribution in [3.8, 4) is 0 Å². The molecule has 0 spiro atoms. The van der Waals surface area contributed by atoms with Crippen LogP contribution < -0.4 is 0 Å². The zero-order valence-corrected chi connectivity index (χ0v) is 7.32. The Morgan fingerprint density at radius 3 is 2.30 bits per heavy atom. The van der Waals surface area contributed by atoms with Gasteiger partial charge in [0.25, 0.3) is 0 Å². The van der Waals surface area contributed by atoms with Crippen LogP contribution in [0.4, 0.5) is 0 Å². The number of alkyl halides is 1. The van der Waals surface area contributed by atoms with Gasteiger partial charge in [0.1, 0.15) is 0 Å². The molecular formula is C9H15Cl. The second-order valence-corrected chi connectivity index (χ2v) is 4.55. The third-order valence-corrected chi connectivity index (χ3v) is 3.75. The fourth-order valence-corrected chi connectivity index (χ4v) is 3.01. The van der Waals surface area contributed by atoms with Crippen LogP contribution in [-0.2, 0) is 0 Å². The van der Waals surface area contributed by atoms with E-state index >= 15 is 0 Å². The van der Waals surface area contributed by atoms with Gasteiger partial charge in [0.15, 0.2) is 0 Å². The zero-order valence-electron chi connectivity index (χ0n) is 6.57. The van der Waals surface area contributed by atoms with E-state index in [2.05, 4.69) is 6.92 Å². The molecular weight excluding hydrogens is 144 g/mol. The molecule has 10 heavy (non-hydrogen) atoms. The molecule has 0 aromatic rings. The summed E-state index contributed by atoms with van der Waals surface area (Å²) in [6, 6.07) is 0. The van der Waals surface area contributed by atoms with Crippen LogP contribution in [-0.4, -0.2) is 5.88 Å². The predicted molar refractivity (Wildman–Crippen MR) is 44.3 cm³/mol. The maximum Gasteiger partial charge on any atom is 0.0282 e. The van der Waals surface area contributed by atoms with Crippen molar-refractivity contribution in [3.63, 3.8) is 0 Å². The Balaban J connectivity index is 1.97. The van der Waals surface area contributed by atoms with Gasteiger partial charge in [-0.1, -0.05) is 6.92 Å². The molecule has 0 radical (unpaired) electrons. The molecule has 0 aliphatic heterocycles. The number of hydrogen-bond donors (Lipinski definition) is 0. The number of halogens is 1. The number of hydrogen-bond acceptors (Lipinski definition) is 0. The van der Waals surface area contributed by atoms with Crippen LogP contribution in [0.25, 0.3) is 0 Å². The van der Waals surface area contributed by atoms with E-state index in [9.17, 15) is 0 Å². The molecule has 0 nitrogen and oxygen atoms in total. The molecule has 0 N–H and O–H groups in total. The van der Waals surface area contributed by atoms with Crippen LogP contribution in [0, 0.1) is 17.3 Å². The summed E-state index contributed by atoms with van der Waals surface area (Å²) in [4.78, 5) is 0. The van der Waals surface area contributed by atoms with E-state index in [0.29, 0.717) is 5.41 Å². The molecule has 1 heteroatoms. The summed E-state index contributed by atoms with van der Waals surface area (Å²) in [5.74, 6) is 2.89. The summed E-state index contributed by atoms with van der Waals surface area (Å²) in [5, 5.41) is 0. The summed E-state index contributed by atoms with van der Waals surface area (Å²) in [5.41, 5.74) is 0.612. The first-order valence-corrected chi connectivity index (χ1v) is 4.86. The Bertz CT molecular complexity index is 132. The van der Waals surface area contributed by atoms with Gasteiger partial charge in [0.2, 0.25) is 0 Å². The van der Waals surface area contributed by atoms with E-state index in [-0.39, 0.29) is 0 Å². The fraction of sp³-hybridized carbons (Fsp3) is 1.00. The molecule has 2 aliphatic rings. The first kappa shape index (κ1) is 6.97. The van der Waals surface area contributed by atoms with Gasteiger partial charge in [-0.2, -0.15) is 0 Å². The molecule has 0 unspecified atom stereocenters. The Hall–Kier alpha value is 0.290. The van der Waals surface area contributed by atoms with Crippen molar-refractivity contribution >= 4 is 11.6 Å². The SMILES string of the molecule is CC1CC(CCl)(C2CC2)C1. The molecule has 2 rings (SSSR count). The van der Waals surface area contributed by atoms with Gasteiger partial charge >= 0.3 is 0 Å². The van der Waals surface area contributed by atoms with Crippen LogP contribution in [0.15, 0.2) is 0 Å². The van der Waals surface area contributed by atoms with Crippen molar-refractivity contribution in [1.82, 2.24) is 0 Å². The van der Waals surface area contributed by atoms with Gasteiger partial charge in [0.05, 0.1) is 0 Å². The molecule has 2 aliphatic carbocycles. The van der Waals surface area contributed by atoms with Gasteiger partial charge in [-0.15, -0.1) is 11.6 Å². The summed E-state index contributed by atoms with van der Waals surface area (Å²) >= 11 is 5.96. The molecule has 0 aromatic heterocycles. The Morgan fingerprint density at radius 1 is 1.40 bits per heavy atom. The highest BCUT2D eigenvalue weighted by atomic mass is 35.5. The van der Waals surface area contributed by atoms with Crippen LogP contribution in [0.3, 0.4) is 0 Å². The van der Waals surface area contributed by atoms with E-state index in [1.807, 2.05) is 0 Å². The van der Waals surface area contributed by atoms with Crippen molar-refractivity contribution in [2.45, 2.75) is 32.6 Å². The number of rotatable bonds is 2. The summed E-state index contributed by atoms with van der Waals surface area (Å²) in [7, 11) is 0. The first-order chi connectivity index (χ1) is 4.77. The third-order valence-electron chi connectivity index (χ3n) is 3.22. The van der Waals surface area contributed by atoms with Gasteiger partial charge in [-0.3, -0.25) is 0 Å². The average Bonchev–Trinajstić information content (AvgIpc) is 2.61. The minimum atomic E-state index is 0.612. The molecule has 58 valence electrons. The summed E-state index contributed by atoms with van der Waals surface area (Å²) < 4.78 is 0. The van der Waals surface area contributed by atoms with Crippen molar-refractivity contribution in [2.24, 2.45) is 17.3 Å². The molecule has 0 saturated heterocycles. The molecule has 0 atom stereocenters. The van der Waals surface area contributed by atoms with E-state index in [4.69, 9.17) is 11.6 Å². The molecule has 0 aromatic carbocycles. The second kappa shape index (κ2) is 2.14. The summed E-state index contributed by atoms with van der Waals surface area (Å²) in [6.45, 7) is 2.34. The largest absolute Gasteiger partial charge is 0.126 e. The lowest BCUT2D eigenvalue weighted by Gasteiger charge is -2.46. The van der Waals surface area contributed by atoms with Crippen LogP contribution >= 0.6 is 11.6 Å². The molecule has 0 amide bonds. The quantitative estimate of drug-likeness (QED) is 0.542. The maximum absolute atomic E-state index is 5.96. The van der Waals surface area contributed by atoms with Crippen LogP contribution in [0.5, 0.6) is 0 Å². The molecule has 2 saturated carbocycles. The van der Waals surface area contributed by atoms with E-state index < -0.39 is 0 Å². The van der Waals surface area contributed by atoms with Gasteiger partial charge < -0.3 is 0 Å². The average molecular weight is 159 g/mol. The van der Waals surface area contributed by atoms with E-state index in [0.717, 1.165) is 17.7 Å². The standard InChI is InChI=1S/C9H15Cl/c1-7-4-9(5-7,6-10)8-2-3-8/h7-8H,2-6H2,1H3. The minimum Gasteiger partial charge on any atom is -0.126 e. The summed E-state index contributed by atoms with van der Waals surface area (Å²) in [6.07, 6.45) is 5.72. The molecule has 0 heterocycles. The second-order valence-electron chi connectivity index (χ2n) is 4.28. The van der Waals surface area contributed by atoms with Gasteiger partial charge in [-0.05, 0) is 42.9 Å². The highest BCUT2D eigenvalue weighted by Crippen LogP contribution is 2.59. The van der Waals surface area contributed by atoms with E-state index in [1.54, 1.807) is 0 Å². The van der Waals surface area contributed by atoms with Crippen LogP contribution in [0.2, 0.25) is 0 Å². The Morgan fingerprint density at radius 2 is 2.00 bits per heavy atom. The highest BCUT2D eigenvalue weighted by Gasteiger charge is 2.51. The van der Waals surface area contributed by atoms with Crippen molar-refractivity contribution in [2.75, 3.05) is 5.88 Å². The Labute approximate surface area is 68.0 Å². The lowest BCUT2D eigenvalue weighted by molar-refractivity contribution is 0.0661. The van der Waals surface area contributed by atoms with Gasteiger partial charge in [0, 0.05) is 5.88 Å². The predicted octanol–water partition coefficient (Wildman–Crippen LogP) is 3.05. The minimum absolute atomic E-state index is 0.612. The third kappa shape index (κ3) is 0.887. The smallest absolute Gasteiger partial charge is 0.0282 e. The molecule has 2 fully saturated rings. The van der Waals surface area contributed by atoms with E-state index in [1.165, 1.54) is 25.7 Å². The molecule has 0 bridgehead atoms. The Kier molecular flexibility index (Phi) is 1.49. The fourth-order valence-electron chi connectivity index (χ4n) is 2.58. The zero-order chi connectivity index (χ0) is 7.19. The topological polar surface area (TPSA) is 0 Å². The van der Waals surface area contributed by atoms with Gasteiger partial charge in [-0.25, -0.2) is 0 Å². The lowest BCUT2D eigenvalue weighted by atomic mass is 9.61. The van der Waals surface area contributed by atoms with Crippen molar-refractivity contribution in [3.05, 3.63) is 0 Å².